The standard InChI is InChI=1S/C28H29NO7/c1-33-27(31)22-13-8-12-21(18-22)23-14-9-15-24(26(23)28(32)34-2)35-17-7-6-16-25(30)29-36-19-20-10-4-3-5-11-20/h3-5,8-15,18H,6-7,16-17,19H2,1-2H3,(H,29,30). The van der Waals surface area contributed by atoms with E-state index in [9.17, 15) is 14.4 Å². The van der Waals surface area contributed by atoms with Crippen molar-refractivity contribution in [2.45, 2.75) is 25.9 Å². The summed E-state index contributed by atoms with van der Waals surface area (Å²) < 4.78 is 15.7. The average molecular weight is 492 g/mol. The molecular formula is C28H29NO7. The Balaban J connectivity index is 1.56. The van der Waals surface area contributed by atoms with Gasteiger partial charge in [0.1, 0.15) is 11.3 Å². The smallest absolute Gasteiger partial charge is 0.342 e. The highest BCUT2D eigenvalue weighted by Gasteiger charge is 2.20. The van der Waals surface area contributed by atoms with Crippen LogP contribution in [0.3, 0.4) is 0 Å². The van der Waals surface area contributed by atoms with Gasteiger partial charge >= 0.3 is 11.9 Å². The third-order valence-corrected chi connectivity index (χ3v) is 5.33. The molecule has 0 fully saturated rings. The molecule has 0 saturated carbocycles. The zero-order valence-electron chi connectivity index (χ0n) is 20.3. The summed E-state index contributed by atoms with van der Waals surface area (Å²) in [4.78, 5) is 41.8. The second kappa shape index (κ2) is 13.7. The van der Waals surface area contributed by atoms with Gasteiger partial charge in [-0.15, -0.1) is 0 Å². The second-order valence-corrected chi connectivity index (χ2v) is 7.85. The Morgan fingerprint density at radius 3 is 2.31 bits per heavy atom. The van der Waals surface area contributed by atoms with Crippen molar-refractivity contribution in [2.24, 2.45) is 0 Å². The molecule has 3 aromatic rings. The van der Waals surface area contributed by atoms with Crippen molar-refractivity contribution in [3.8, 4) is 16.9 Å². The van der Waals surface area contributed by atoms with Crippen LogP contribution in [0.5, 0.6) is 5.75 Å². The van der Waals surface area contributed by atoms with E-state index in [4.69, 9.17) is 19.0 Å². The topological polar surface area (TPSA) is 100 Å². The molecule has 0 unspecified atom stereocenters. The lowest BCUT2D eigenvalue weighted by Gasteiger charge is -2.15. The number of hydrogen-bond acceptors (Lipinski definition) is 7. The highest BCUT2D eigenvalue weighted by atomic mass is 16.6. The van der Waals surface area contributed by atoms with Gasteiger partial charge in [-0.3, -0.25) is 9.63 Å². The molecule has 0 aliphatic rings. The number of hydrogen-bond donors (Lipinski definition) is 1. The maximum Gasteiger partial charge on any atom is 0.342 e. The fourth-order valence-electron chi connectivity index (χ4n) is 3.53. The molecule has 0 saturated heterocycles. The number of unbranched alkanes of at least 4 members (excludes halogenated alkanes) is 1. The summed E-state index contributed by atoms with van der Waals surface area (Å²) >= 11 is 0. The first-order chi connectivity index (χ1) is 17.5. The van der Waals surface area contributed by atoms with Gasteiger partial charge in [-0.2, -0.15) is 0 Å². The Labute approximate surface area is 210 Å². The van der Waals surface area contributed by atoms with E-state index in [2.05, 4.69) is 5.48 Å². The average Bonchev–Trinajstić information content (AvgIpc) is 2.92. The lowest BCUT2D eigenvalue weighted by Crippen LogP contribution is -2.23. The van der Waals surface area contributed by atoms with Gasteiger partial charge in [0.2, 0.25) is 5.91 Å². The molecule has 3 rings (SSSR count). The van der Waals surface area contributed by atoms with Gasteiger partial charge < -0.3 is 14.2 Å². The third kappa shape index (κ3) is 7.41. The molecule has 3 aromatic carbocycles. The van der Waals surface area contributed by atoms with Crippen LogP contribution in [0.15, 0.2) is 72.8 Å². The molecule has 0 heterocycles. The molecule has 0 spiro atoms. The first-order valence-electron chi connectivity index (χ1n) is 11.5. The van der Waals surface area contributed by atoms with E-state index in [0.717, 1.165) is 5.56 Å². The molecule has 0 radical (unpaired) electrons. The SMILES string of the molecule is COC(=O)c1cccc(-c2cccc(OCCCCC(=O)NOCc3ccccc3)c2C(=O)OC)c1. The first-order valence-corrected chi connectivity index (χ1v) is 11.5. The number of carbonyl (C=O) groups excluding carboxylic acids is 3. The minimum absolute atomic E-state index is 0.214. The summed E-state index contributed by atoms with van der Waals surface area (Å²) in [6.45, 7) is 0.596. The highest BCUT2D eigenvalue weighted by Crippen LogP contribution is 2.32. The van der Waals surface area contributed by atoms with Crippen molar-refractivity contribution in [1.82, 2.24) is 5.48 Å². The van der Waals surface area contributed by atoms with E-state index in [0.29, 0.717) is 48.5 Å². The molecule has 8 nitrogen and oxygen atoms in total. The molecule has 0 aromatic heterocycles. The summed E-state index contributed by atoms with van der Waals surface area (Å²) in [6, 6.07) is 21.5. The Morgan fingerprint density at radius 2 is 1.56 bits per heavy atom. The maximum atomic E-state index is 12.6. The number of hydroxylamine groups is 1. The largest absolute Gasteiger partial charge is 0.493 e. The second-order valence-electron chi connectivity index (χ2n) is 7.85. The van der Waals surface area contributed by atoms with Crippen LogP contribution in [0.4, 0.5) is 0 Å². The number of ether oxygens (including phenoxy) is 3. The van der Waals surface area contributed by atoms with Gasteiger partial charge in [0, 0.05) is 6.42 Å². The minimum Gasteiger partial charge on any atom is -0.493 e. The Morgan fingerprint density at radius 1 is 0.806 bits per heavy atom. The van der Waals surface area contributed by atoms with Crippen LogP contribution < -0.4 is 10.2 Å². The number of benzene rings is 3. The van der Waals surface area contributed by atoms with Gasteiger partial charge in [-0.25, -0.2) is 15.1 Å². The van der Waals surface area contributed by atoms with Crippen LogP contribution in [0.1, 0.15) is 45.5 Å². The molecule has 1 amide bonds. The number of nitrogens with one attached hydrogen (secondary N) is 1. The van der Waals surface area contributed by atoms with Crippen LogP contribution in [-0.4, -0.2) is 38.7 Å². The van der Waals surface area contributed by atoms with Crippen molar-refractivity contribution < 1.29 is 33.4 Å². The zero-order chi connectivity index (χ0) is 25.8. The van der Waals surface area contributed by atoms with Crippen molar-refractivity contribution in [3.05, 3.63) is 89.5 Å². The Hall–Kier alpha value is -4.17. The number of carbonyl (C=O) groups is 3. The fraction of sp³-hybridized carbons (Fsp3) is 0.250. The van der Waals surface area contributed by atoms with Gasteiger partial charge in [-0.1, -0.05) is 54.6 Å². The van der Waals surface area contributed by atoms with Crippen molar-refractivity contribution in [1.29, 1.82) is 0 Å². The third-order valence-electron chi connectivity index (χ3n) is 5.33. The van der Waals surface area contributed by atoms with Gasteiger partial charge in [0.25, 0.3) is 0 Å². The van der Waals surface area contributed by atoms with Crippen LogP contribution in [0, 0.1) is 0 Å². The van der Waals surface area contributed by atoms with Crippen LogP contribution in [0.2, 0.25) is 0 Å². The van der Waals surface area contributed by atoms with Crippen LogP contribution in [-0.2, 0) is 25.7 Å². The molecule has 1 N–H and O–H groups in total. The van der Waals surface area contributed by atoms with E-state index in [1.54, 1.807) is 42.5 Å². The monoisotopic (exact) mass is 491 g/mol. The molecule has 0 bridgehead atoms. The molecular weight excluding hydrogens is 462 g/mol. The van der Waals surface area contributed by atoms with E-state index in [1.807, 2.05) is 30.3 Å². The van der Waals surface area contributed by atoms with Crippen molar-refractivity contribution >= 4 is 17.8 Å². The van der Waals surface area contributed by atoms with Crippen LogP contribution in [0.25, 0.3) is 11.1 Å². The lowest BCUT2D eigenvalue weighted by atomic mass is 9.97. The summed E-state index contributed by atoms with van der Waals surface area (Å²) in [6.07, 6.45) is 1.45. The minimum atomic E-state index is -0.556. The quantitative estimate of drug-likeness (QED) is 0.222. The molecule has 8 heteroatoms. The normalized spacial score (nSPS) is 10.4. The maximum absolute atomic E-state index is 12.6. The van der Waals surface area contributed by atoms with E-state index >= 15 is 0 Å². The van der Waals surface area contributed by atoms with Gasteiger partial charge in [0.05, 0.1) is 33.0 Å². The summed E-state index contributed by atoms with van der Waals surface area (Å²) in [5.41, 5.74) is 5.25. The van der Waals surface area contributed by atoms with E-state index in [1.165, 1.54) is 14.2 Å². The van der Waals surface area contributed by atoms with Crippen LogP contribution >= 0.6 is 0 Å². The van der Waals surface area contributed by atoms with E-state index < -0.39 is 11.9 Å². The van der Waals surface area contributed by atoms with Gasteiger partial charge in [0.15, 0.2) is 0 Å². The predicted octanol–water partition coefficient (Wildman–Crippen LogP) is 4.72. The summed E-state index contributed by atoms with van der Waals surface area (Å²) in [5, 5.41) is 0. The molecule has 0 atom stereocenters. The number of methoxy groups -OCH3 is 2. The Kier molecular flexibility index (Phi) is 10.0. The first kappa shape index (κ1) is 26.4. The summed E-state index contributed by atoms with van der Waals surface area (Å²) in [5.74, 6) is -0.885. The predicted molar refractivity (Wildman–Crippen MR) is 133 cm³/mol. The number of amides is 1. The molecule has 0 aliphatic carbocycles. The molecule has 0 aliphatic heterocycles. The summed E-state index contributed by atoms with van der Waals surface area (Å²) in [7, 11) is 2.61. The van der Waals surface area contributed by atoms with Crippen molar-refractivity contribution in [2.75, 3.05) is 20.8 Å². The van der Waals surface area contributed by atoms with E-state index in [-0.39, 0.29) is 17.9 Å². The highest BCUT2D eigenvalue weighted by molar-refractivity contribution is 6.01. The molecule has 36 heavy (non-hydrogen) atoms. The number of rotatable bonds is 12. The Bertz CT molecular complexity index is 1180. The number of esters is 2. The van der Waals surface area contributed by atoms with Crippen molar-refractivity contribution in [3.63, 3.8) is 0 Å². The van der Waals surface area contributed by atoms with Gasteiger partial charge in [-0.05, 0) is 47.7 Å². The molecule has 188 valence electrons. The lowest BCUT2D eigenvalue weighted by molar-refractivity contribution is -0.134. The zero-order valence-corrected chi connectivity index (χ0v) is 20.3. The fourth-order valence-corrected chi connectivity index (χ4v) is 3.53.